The molecule has 0 aromatic carbocycles. The maximum atomic E-state index is 13.2. The molecule has 0 aliphatic heterocycles. The summed E-state index contributed by atoms with van der Waals surface area (Å²) in [7, 11) is 0. The number of aromatic nitrogens is 5. The molecule has 1 N–H and O–H groups in total. The van der Waals surface area contributed by atoms with E-state index in [9.17, 15) is 9.90 Å². The van der Waals surface area contributed by atoms with Gasteiger partial charge in [-0.3, -0.25) is 19.3 Å². The summed E-state index contributed by atoms with van der Waals surface area (Å²) in [5.74, 6) is 0.579. The molecule has 0 atom stereocenters. The van der Waals surface area contributed by atoms with Crippen LogP contribution in [0.4, 0.5) is 0 Å². The number of halogens is 1. The Morgan fingerprint density at radius 2 is 1.86 bits per heavy atom. The van der Waals surface area contributed by atoms with Gasteiger partial charge in [-0.15, -0.1) is 0 Å². The second-order valence-corrected chi connectivity index (χ2v) is 9.22. The van der Waals surface area contributed by atoms with Gasteiger partial charge in [-0.2, -0.15) is 0 Å². The SMILES string of the molecule is Cc1cccc(COc2cc(C)n(-c3ccnc(-c4nc(C(C)(C)O)ncc4C)c3)c(=O)c2Cl)n1. The lowest BCUT2D eigenvalue weighted by molar-refractivity contribution is 0.0688. The van der Waals surface area contributed by atoms with Crippen molar-refractivity contribution in [1.29, 1.82) is 0 Å². The molecule has 0 spiro atoms. The highest BCUT2D eigenvalue weighted by Gasteiger charge is 2.22. The van der Waals surface area contributed by atoms with Crippen LogP contribution >= 0.6 is 11.6 Å². The summed E-state index contributed by atoms with van der Waals surface area (Å²) in [6.07, 6.45) is 3.25. The Kier molecular flexibility index (Phi) is 6.69. The number of ether oxygens (including phenoxy) is 1. The highest BCUT2D eigenvalue weighted by molar-refractivity contribution is 6.31. The van der Waals surface area contributed by atoms with E-state index in [2.05, 4.69) is 19.9 Å². The van der Waals surface area contributed by atoms with Crippen molar-refractivity contribution in [3.05, 3.63) is 92.6 Å². The maximum Gasteiger partial charge on any atom is 0.277 e. The van der Waals surface area contributed by atoms with Crippen molar-refractivity contribution in [2.24, 2.45) is 0 Å². The van der Waals surface area contributed by atoms with E-state index in [1.807, 2.05) is 32.0 Å². The number of hydrogen-bond donors (Lipinski definition) is 1. The highest BCUT2D eigenvalue weighted by Crippen LogP contribution is 2.27. The first-order chi connectivity index (χ1) is 16.5. The third-order valence-electron chi connectivity index (χ3n) is 5.38. The van der Waals surface area contributed by atoms with E-state index >= 15 is 0 Å². The lowest BCUT2D eigenvalue weighted by atomic mass is 10.1. The van der Waals surface area contributed by atoms with Crippen LogP contribution in [0.2, 0.25) is 5.02 Å². The minimum atomic E-state index is -1.20. The summed E-state index contributed by atoms with van der Waals surface area (Å²) < 4.78 is 7.32. The molecule has 0 saturated heterocycles. The molecule has 0 saturated carbocycles. The molecule has 0 aliphatic carbocycles. The molecule has 8 nitrogen and oxygen atoms in total. The van der Waals surface area contributed by atoms with E-state index in [1.165, 1.54) is 4.57 Å². The van der Waals surface area contributed by atoms with Crippen LogP contribution in [-0.2, 0) is 12.2 Å². The quantitative estimate of drug-likeness (QED) is 0.424. The molecule has 4 heterocycles. The van der Waals surface area contributed by atoms with Crippen LogP contribution in [0.3, 0.4) is 0 Å². The number of pyridine rings is 3. The van der Waals surface area contributed by atoms with Crippen LogP contribution in [0.15, 0.2) is 53.6 Å². The summed E-state index contributed by atoms with van der Waals surface area (Å²) in [5.41, 5.74) is 3.13. The van der Waals surface area contributed by atoms with E-state index in [0.29, 0.717) is 28.5 Å². The number of nitrogens with zero attached hydrogens (tertiary/aromatic N) is 5. The van der Waals surface area contributed by atoms with Crippen LogP contribution in [0.1, 0.15) is 42.3 Å². The second-order valence-electron chi connectivity index (χ2n) is 8.85. The molecule has 4 rings (SSSR count). The van der Waals surface area contributed by atoms with Gasteiger partial charge in [-0.05, 0) is 64.4 Å². The van der Waals surface area contributed by atoms with Crippen LogP contribution in [-0.4, -0.2) is 29.6 Å². The van der Waals surface area contributed by atoms with Gasteiger partial charge in [0.15, 0.2) is 5.82 Å². The summed E-state index contributed by atoms with van der Waals surface area (Å²) in [6.45, 7) is 9.00. The molecule has 35 heavy (non-hydrogen) atoms. The van der Waals surface area contributed by atoms with Crippen LogP contribution in [0.5, 0.6) is 5.75 Å². The first kappa shape index (κ1) is 24.5. The second kappa shape index (κ2) is 9.56. The zero-order valence-corrected chi connectivity index (χ0v) is 21.0. The number of aryl methyl sites for hydroxylation is 3. The summed E-state index contributed by atoms with van der Waals surface area (Å²) >= 11 is 6.43. The molecule has 0 amide bonds. The molecular weight excluding hydrogens is 466 g/mol. The molecule has 180 valence electrons. The minimum absolute atomic E-state index is 0.0239. The molecule has 0 bridgehead atoms. The highest BCUT2D eigenvalue weighted by atomic mass is 35.5. The van der Waals surface area contributed by atoms with E-state index in [0.717, 1.165) is 17.0 Å². The summed E-state index contributed by atoms with van der Waals surface area (Å²) in [4.78, 5) is 30.8. The maximum absolute atomic E-state index is 13.2. The van der Waals surface area contributed by atoms with Gasteiger partial charge in [0.1, 0.15) is 23.0 Å². The van der Waals surface area contributed by atoms with Gasteiger partial charge in [0.25, 0.3) is 5.56 Å². The van der Waals surface area contributed by atoms with Crippen LogP contribution in [0.25, 0.3) is 17.1 Å². The Hall–Kier alpha value is -3.62. The fourth-order valence-electron chi connectivity index (χ4n) is 3.62. The Bertz CT molecular complexity index is 1460. The fraction of sp³-hybridized carbons (Fsp3) is 0.269. The smallest absolute Gasteiger partial charge is 0.277 e. The van der Waals surface area contributed by atoms with E-state index in [4.69, 9.17) is 16.3 Å². The van der Waals surface area contributed by atoms with Gasteiger partial charge in [0, 0.05) is 29.8 Å². The lowest BCUT2D eigenvalue weighted by Gasteiger charge is -2.17. The average molecular weight is 492 g/mol. The Balaban J connectivity index is 1.71. The third-order valence-corrected chi connectivity index (χ3v) is 5.73. The van der Waals surface area contributed by atoms with E-state index in [-0.39, 0.29) is 17.5 Å². The molecule has 0 unspecified atom stereocenters. The molecule has 0 radical (unpaired) electrons. The van der Waals surface area contributed by atoms with E-state index < -0.39 is 11.2 Å². The van der Waals surface area contributed by atoms with Crippen molar-refractivity contribution in [2.75, 3.05) is 0 Å². The summed E-state index contributed by atoms with van der Waals surface area (Å²) in [6, 6.07) is 10.9. The Morgan fingerprint density at radius 3 is 2.57 bits per heavy atom. The zero-order chi connectivity index (χ0) is 25.3. The van der Waals surface area contributed by atoms with Gasteiger partial charge < -0.3 is 9.84 Å². The topological polar surface area (TPSA) is 103 Å². The molecule has 4 aromatic rings. The predicted octanol–water partition coefficient (Wildman–Crippen LogP) is 4.47. The van der Waals surface area contributed by atoms with Crippen molar-refractivity contribution in [2.45, 2.75) is 46.8 Å². The largest absolute Gasteiger partial charge is 0.485 e. The molecule has 4 aromatic heterocycles. The fourth-order valence-corrected chi connectivity index (χ4v) is 3.82. The van der Waals surface area contributed by atoms with Crippen LogP contribution in [0, 0.1) is 20.8 Å². The average Bonchev–Trinajstić information content (AvgIpc) is 2.80. The normalized spacial score (nSPS) is 11.5. The molecule has 9 heteroatoms. The van der Waals surface area contributed by atoms with Gasteiger partial charge >= 0.3 is 0 Å². The van der Waals surface area contributed by atoms with Crippen molar-refractivity contribution in [1.82, 2.24) is 24.5 Å². The van der Waals surface area contributed by atoms with Crippen LogP contribution < -0.4 is 10.3 Å². The first-order valence-electron chi connectivity index (χ1n) is 11.1. The van der Waals surface area contributed by atoms with Gasteiger partial charge in [-0.1, -0.05) is 17.7 Å². The number of aliphatic hydroxyl groups is 1. The third kappa shape index (κ3) is 5.23. The predicted molar refractivity (Wildman–Crippen MR) is 134 cm³/mol. The van der Waals surface area contributed by atoms with Crippen molar-refractivity contribution < 1.29 is 9.84 Å². The molecule has 0 fully saturated rings. The standard InChI is InChI=1S/C26H26ClN5O3/c1-15-13-29-25(26(4,5)34)31-23(15)20-12-19(9-10-28-20)32-17(3)11-21(22(27)24(32)33)35-14-18-8-6-7-16(2)30-18/h6-13,34H,14H2,1-5H3. The molecular formula is C26H26ClN5O3. The van der Waals surface area contributed by atoms with Gasteiger partial charge in [-0.25, -0.2) is 9.97 Å². The van der Waals surface area contributed by atoms with E-state index in [1.54, 1.807) is 51.4 Å². The number of rotatable bonds is 6. The number of hydrogen-bond acceptors (Lipinski definition) is 7. The Morgan fingerprint density at radius 1 is 1.09 bits per heavy atom. The monoisotopic (exact) mass is 491 g/mol. The van der Waals surface area contributed by atoms with Crippen molar-refractivity contribution in [3.63, 3.8) is 0 Å². The Labute approximate surface area is 208 Å². The first-order valence-corrected chi connectivity index (χ1v) is 11.4. The minimum Gasteiger partial charge on any atom is -0.485 e. The molecule has 0 aliphatic rings. The van der Waals surface area contributed by atoms with Gasteiger partial charge in [0.05, 0.1) is 22.8 Å². The van der Waals surface area contributed by atoms with Crippen molar-refractivity contribution >= 4 is 11.6 Å². The summed E-state index contributed by atoms with van der Waals surface area (Å²) in [5, 5.41) is 10.3. The lowest BCUT2D eigenvalue weighted by Crippen LogP contribution is -2.22. The van der Waals surface area contributed by atoms with Crippen molar-refractivity contribution in [3.8, 4) is 22.8 Å². The zero-order valence-electron chi connectivity index (χ0n) is 20.2. The van der Waals surface area contributed by atoms with Gasteiger partial charge in [0.2, 0.25) is 0 Å².